The van der Waals surface area contributed by atoms with Crippen LogP contribution in [-0.2, 0) is 30.0 Å². The Hall–Kier alpha value is -3.24. The summed E-state index contributed by atoms with van der Waals surface area (Å²) in [5.74, 6) is -1.90. The zero-order valence-corrected chi connectivity index (χ0v) is 27.7. The molecule has 4 amide bonds. The van der Waals surface area contributed by atoms with Gasteiger partial charge in [-0.2, -0.15) is 0 Å². The zero-order chi connectivity index (χ0) is 32.1. The van der Waals surface area contributed by atoms with Crippen LogP contribution in [0.3, 0.4) is 0 Å². The van der Waals surface area contributed by atoms with E-state index >= 15 is 0 Å². The standard InChI is InChI=1S/C32H52N4O5Si/c1-11-17-26(41-42(9,10)32(6,7)8)30(39)34-23(5)28(37)35-25(21-24-18-15-14-16-19-24)29(38)36-27(22(4)13-3)31(40)33-20-12-2/h11-12,14-16,18-19,22-23,25-27H,1-2,13,17,20-21H2,3-10H3,(H,33,40)(H,34,39)(H,35,37)(H,36,38)/t22-,23-,25-,26+,27-/m0/s1. The quantitative estimate of drug-likeness (QED) is 0.159. The third-order valence-corrected chi connectivity index (χ3v) is 12.3. The monoisotopic (exact) mass is 600 g/mol. The second kappa shape index (κ2) is 17.0. The number of rotatable bonds is 17. The van der Waals surface area contributed by atoms with Crippen LogP contribution in [-0.4, -0.2) is 62.7 Å². The van der Waals surface area contributed by atoms with Crippen molar-refractivity contribution in [2.24, 2.45) is 5.92 Å². The van der Waals surface area contributed by atoms with Crippen LogP contribution in [0.1, 0.15) is 59.9 Å². The molecular formula is C32H52N4O5Si. The fraction of sp³-hybridized carbons (Fsp3) is 0.562. The molecule has 0 aromatic heterocycles. The molecule has 1 aromatic carbocycles. The number of amides is 4. The van der Waals surface area contributed by atoms with Crippen LogP contribution < -0.4 is 21.3 Å². The van der Waals surface area contributed by atoms with E-state index in [1.54, 1.807) is 19.1 Å². The Labute approximate surface area is 253 Å². The summed E-state index contributed by atoms with van der Waals surface area (Å²) in [6, 6.07) is 6.57. The van der Waals surface area contributed by atoms with Gasteiger partial charge in [0.15, 0.2) is 8.32 Å². The van der Waals surface area contributed by atoms with Crippen LogP contribution in [0.5, 0.6) is 0 Å². The summed E-state index contributed by atoms with van der Waals surface area (Å²) in [5.41, 5.74) is 0.833. The predicted octanol–water partition coefficient (Wildman–Crippen LogP) is 4.02. The molecule has 0 aliphatic heterocycles. The Bertz CT molecular complexity index is 1070. The second-order valence-electron chi connectivity index (χ2n) is 12.3. The normalized spacial score (nSPS) is 15.2. The van der Waals surface area contributed by atoms with Gasteiger partial charge in [-0.05, 0) is 43.0 Å². The van der Waals surface area contributed by atoms with Gasteiger partial charge in [0.1, 0.15) is 24.2 Å². The van der Waals surface area contributed by atoms with Crippen molar-refractivity contribution in [3.05, 3.63) is 61.2 Å². The lowest BCUT2D eigenvalue weighted by atomic mass is 9.97. The lowest BCUT2D eigenvalue weighted by Gasteiger charge is -2.38. The average Bonchev–Trinajstić information content (AvgIpc) is 2.93. The van der Waals surface area contributed by atoms with Crippen LogP contribution in [0, 0.1) is 5.92 Å². The predicted molar refractivity (Wildman–Crippen MR) is 171 cm³/mol. The minimum atomic E-state index is -2.28. The maximum absolute atomic E-state index is 13.5. The van der Waals surface area contributed by atoms with Crippen molar-refractivity contribution < 1.29 is 23.6 Å². The number of carbonyl (C=O) groups is 4. The number of nitrogens with one attached hydrogen (secondary N) is 4. The second-order valence-corrected chi connectivity index (χ2v) is 17.0. The molecule has 0 heterocycles. The van der Waals surface area contributed by atoms with Crippen molar-refractivity contribution in [2.45, 2.75) is 103 Å². The van der Waals surface area contributed by atoms with Gasteiger partial charge >= 0.3 is 0 Å². The van der Waals surface area contributed by atoms with E-state index < -0.39 is 50.3 Å². The molecule has 0 radical (unpaired) electrons. The molecule has 0 unspecified atom stereocenters. The topological polar surface area (TPSA) is 126 Å². The highest BCUT2D eigenvalue weighted by Gasteiger charge is 2.41. The van der Waals surface area contributed by atoms with Crippen molar-refractivity contribution in [1.29, 1.82) is 0 Å². The van der Waals surface area contributed by atoms with Crippen molar-refractivity contribution in [3.8, 4) is 0 Å². The lowest BCUT2D eigenvalue weighted by molar-refractivity contribution is -0.135. The Morgan fingerprint density at radius 3 is 2.05 bits per heavy atom. The highest BCUT2D eigenvalue weighted by Crippen LogP contribution is 2.37. The highest BCUT2D eigenvalue weighted by atomic mass is 28.4. The fourth-order valence-corrected chi connectivity index (χ4v) is 5.13. The zero-order valence-electron chi connectivity index (χ0n) is 26.7. The van der Waals surface area contributed by atoms with E-state index in [2.05, 4.69) is 68.3 Å². The van der Waals surface area contributed by atoms with E-state index in [1.165, 1.54) is 0 Å². The average molecular weight is 601 g/mol. The van der Waals surface area contributed by atoms with Crippen molar-refractivity contribution in [2.75, 3.05) is 6.54 Å². The van der Waals surface area contributed by atoms with Crippen LogP contribution in [0.4, 0.5) is 0 Å². The molecule has 0 bridgehead atoms. The molecule has 1 rings (SSSR count). The minimum absolute atomic E-state index is 0.108. The molecule has 0 spiro atoms. The molecule has 0 aliphatic rings. The van der Waals surface area contributed by atoms with E-state index in [4.69, 9.17) is 4.43 Å². The third kappa shape index (κ3) is 11.6. The first-order chi connectivity index (χ1) is 19.6. The molecule has 42 heavy (non-hydrogen) atoms. The van der Waals surface area contributed by atoms with Crippen LogP contribution >= 0.6 is 0 Å². The first-order valence-electron chi connectivity index (χ1n) is 14.7. The van der Waals surface area contributed by atoms with Gasteiger partial charge in [-0.1, -0.05) is 83.5 Å². The van der Waals surface area contributed by atoms with E-state index in [9.17, 15) is 19.2 Å². The Morgan fingerprint density at radius 2 is 1.52 bits per heavy atom. The summed E-state index contributed by atoms with van der Waals surface area (Å²) in [7, 11) is -2.28. The van der Waals surface area contributed by atoms with Crippen molar-refractivity contribution in [1.82, 2.24) is 21.3 Å². The number of carbonyl (C=O) groups excluding carboxylic acids is 4. The summed E-state index contributed by atoms with van der Waals surface area (Å²) in [6.07, 6.45) is 3.57. The SMILES string of the molecule is C=CCNC(=O)[C@@H](NC(=O)[C@H](Cc1ccccc1)NC(=O)[C@H](C)NC(=O)[C@@H](CC=C)O[Si](C)(C)C(C)(C)C)[C@@H](C)CC. The molecule has 0 saturated heterocycles. The van der Waals surface area contributed by atoms with Gasteiger partial charge in [-0.3, -0.25) is 19.2 Å². The third-order valence-electron chi connectivity index (χ3n) is 7.80. The van der Waals surface area contributed by atoms with Gasteiger partial charge < -0.3 is 25.7 Å². The summed E-state index contributed by atoms with van der Waals surface area (Å²) >= 11 is 0. The fourth-order valence-electron chi connectivity index (χ4n) is 3.86. The summed E-state index contributed by atoms with van der Waals surface area (Å²) in [4.78, 5) is 52.9. The van der Waals surface area contributed by atoms with Crippen LogP contribution in [0.15, 0.2) is 55.6 Å². The summed E-state index contributed by atoms with van der Waals surface area (Å²) in [5, 5.41) is 11.0. The largest absolute Gasteiger partial charge is 0.405 e. The lowest BCUT2D eigenvalue weighted by Crippen LogP contribution is -2.58. The van der Waals surface area contributed by atoms with Crippen LogP contribution in [0.25, 0.3) is 0 Å². The van der Waals surface area contributed by atoms with Gasteiger partial charge in [-0.15, -0.1) is 13.2 Å². The Balaban J connectivity index is 3.12. The first kappa shape index (κ1) is 36.8. The first-order valence-corrected chi connectivity index (χ1v) is 17.6. The van der Waals surface area contributed by atoms with Crippen LogP contribution in [0.2, 0.25) is 18.1 Å². The molecule has 10 heteroatoms. The van der Waals surface area contributed by atoms with E-state index in [0.717, 1.165) is 5.56 Å². The Morgan fingerprint density at radius 1 is 0.905 bits per heavy atom. The molecule has 0 aliphatic carbocycles. The smallest absolute Gasteiger partial charge is 0.248 e. The highest BCUT2D eigenvalue weighted by molar-refractivity contribution is 6.74. The molecule has 234 valence electrons. The number of benzene rings is 1. The van der Waals surface area contributed by atoms with Gasteiger partial charge in [0.25, 0.3) is 0 Å². The number of hydrogen-bond donors (Lipinski definition) is 4. The number of hydrogen-bond acceptors (Lipinski definition) is 5. The van der Waals surface area contributed by atoms with Gasteiger partial charge in [0.05, 0.1) is 0 Å². The van der Waals surface area contributed by atoms with Crippen molar-refractivity contribution in [3.63, 3.8) is 0 Å². The molecule has 5 atom stereocenters. The van der Waals surface area contributed by atoms with Gasteiger partial charge in [0.2, 0.25) is 23.6 Å². The maximum Gasteiger partial charge on any atom is 0.248 e. The maximum atomic E-state index is 13.5. The molecule has 9 nitrogen and oxygen atoms in total. The summed E-state index contributed by atoms with van der Waals surface area (Å²) < 4.78 is 6.33. The molecule has 4 N–H and O–H groups in total. The minimum Gasteiger partial charge on any atom is -0.405 e. The molecule has 1 aromatic rings. The van der Waals surface area contributed by atoms with Crippen molar-refractivity contribution >= 4 is 31.9 Å². The van der Waals surface area contributed by atoms with E-state index in [1.807, 2.05) is 44.2 Å². The van der Waals surface area contributed by atoms with E-state index in [0.29, 0.717) is 12.8 Å². The summed E-state index contributed by atoms with van der Waals surface area (Å²) in [6.45, 7) is 23.4. The molecular weight excluding hydrogens is 548 g/mol. The Kier molecular flexibility index (Phi) is 14.9. The van der Waals surface area contributed by atoms with Gasteiger partial charge in [0, 0.05) is 13.0 Å². The molecule has 0 saturated carbocycles. The van der Waals surface area contributed by atoms with Gasteiger partial charge in [-0.25, -0.2) is 0 Å². The molecule has 0 fully saturated rings. The van der Waals surface area contributed by atoms with E-state index in [-0.39, 0.29) is 29.8 Å².